The van der Waals surface area contributed by atoms with Crippen molar-refractivity contribution >= 4 is 57.1 Å². The molecule has 0 bridgehead atoms. The molecule has 1 aromatic rings. The summed E-state index contributed by atoms with van der Waals surface area (Å²) in [5, 5.41) is 20.6. The molecule has 5 nitrogen and oxygen atoms in total. The second kappa shape index (κ2) is 6.38. The van der Waals surface area contributed by atoms with Gasteiger partial charge in [-0.3, -0.25) is 9.59 Å². The summed E-state index contributed by atoms with van der Waals surface area (Å²) in [5.41, 5.74) is 0.159. The molecular formula is C10H9I2NO4. The molecule has 0 aliphatic heterocycles. The van der Waals surface area contributed by atoms with E-state index >= 15 is 0 Å². The summed E-state index contributed by atoms with van der Waals surface area (Å²) < 4.78 is 1.41. The molecule has 0 aliphatic carbocycles. The van der Waals surface area contributed by atoms with Crippen LogP contribution in [0.25, 0.3) is 0 Å². The topological polar surface area (TPSA) is 86.6 Å². The van der Waals surface area contributed by atoms with Crippen molar-refractivity contribution in [1.29, 1.82) is 0 Å². The zero-order chi connectivity index (χ0) is 13.0. The highest BCUT2D eigenvalue weighted by molar-refractivity contribution is 14.1. The number of aliphatic carboxylic acids is 1. The number of rotatable bonds is 4. The number of carboxylic acid groups (broad SMARTS) is 1. The van der Waals surface area contributed by atoms with Gasteiger partial charge in [0.05, 0.1) is 15.6 Å². The molecule has 0 atom stereocenters. The summed E-state index contributed by atoms with van der Waals surface area (Å²) >= 11 is 3.97. The number of hydrogen-bond donors (Lipinski definition) is 3. The van der Waals surface area contributed by atoms with Gasteiger partial charge in [0.15, 0.2) is 0 Å². The van der Waals surface area contributed by atoms with Crippen LogP contribution in [0.5, 0.6) is 5.75 Å². The van der Waals surface area contributed by atoms with Crippen LogP contribution in [0.3, 0.4) is 0 Å². The molecular weight excluding hydrogens is 452 g/mol. The Morgan fingerprint density at radius 1 is 1.29 bits per heavy atom. The Morgan fingerprint density at radius 3 is 2.53 bits per heavy atom. The number of carboxylic acids is 1. The average molecular weight is 461 g/mol. The Labute approximate surface area is 125 Å². The Kier molecular flexibility index (Phi) is 5.43. The lowest BCUT2D eigenvalue weighted by molar-refractivity contribution is -0.136. The number of carbonyl (C=O) groups excluding carboxylic acids is 1. The standard InChI is InChI=1S/C10H9I2NO4/c11-5-3-6(9(16)7(12)4-5)10(17)13-2-1-8(14)15/h3-4,16H,1-2H2,(H,13,17)(H,14,15). The van der Waals surface area contributed by atoms with E-state index in [1.54, 1.807) is 12.1 Å². The number of amides is 1. The Morgan fingerprint density at radius 2 is 1.94 bits per heavy atom. The number of benzene rings is 1. The fraction of sp³-hybridized carbons (Fsp3) is 0.200. The second-order valence-electron chi connectivity index (χ2n) is 3.18. The summed E-state index contributed by atoms with van der Waals surface area (Å²) in [4.78, 5) is 22.0. The molecule has 3 N–H and O–H groups in total. The van der Waals surface area contributed by atoms with Gasteiger partial charge in [-0.2, -0.15) is 0 Å². The molecule has 1 amide bonds. The van der Waals surface area contributed by atoms with Gasteiger partial charge in [-0.15, -0.1) is 0 Å². The third-order valence-electron chi connectivity index (χ3n) is 1.90. The van der Waals surface area contributed by atoms with Crippen molar-refractivity contribution in [3.05, 3.63) is 24.8 Å². The summed E-state index contributed by atoms with van der Waals surface area (Å²) in [5.74, 6) is -1.54. The fourth-order valence-corrected chi connectivity index (χ4v) is 2.96. The summed E-state index contributed by atoms with van der Waals surface area (Å²) in [7, 11) is 0. The van der Waals surface area contributed by atoms with Crippen molar-refractivity contribution < 1.29 is 19.8 Å². The van der Waals surface area contributed by atoms with E-state index in [1.165, 1.54) is 0 Å². The Balaban J connectivity index is 2.78. The molecule has 0 radical (unpaired) electrons. The van der Waals surface area contributed by atoms with Gasteiger partial charge in [0.25, 0.3) is 5.91 Å². The first kappa shape index (κ1) is 14.5. The molecule has 1 aromatic carbocycles. The van der Waals surface area contributed by atoms with E-state index in [-0.39, 0.29) is 24.3 Å². The van der Waals surface area contributed by atoms with Crippen molar-refractivity contribution in [3.8, 4) is 5.75 Å². The van der Waals surface area contributed by atoms with Crippen LogP contribution in [-0.2, 0) is 4.79 Å². The third-order valence-corrected chi connectivity index (χ3v) is 3.34. The normalized spacial score (nSPS) is 10.0. The molecule has 7 heteroatoms. The lowest BCUT2D eigenvalue weighted by Gasteiger charge is -2.07. The number of nitrogens with one attached hydrogen (secondary N) is 1. The van der Waals surface area contributed by atoms with Gasteiger partial charge in [0, 0.05) is 10.1 Å². The van der Waals surface area contributed by atoms with E-state index in [2.05, 4.69) is 5.32 Å². The van der Waals surface area contributed by atoms with Crippen LogP contribution in [0.4, 0.5) is 0 Å². The number of aromatic hydroxyl groups is 1. The van der Waals surface area contributed by atoms with E-state index in [0.717, 1.165) is 3.57 Å². The molecule has 1 rings (SSSR count). The van der Waals surface area contributed by atoms with Gasteiger partial charge in [0.1, 0.15) is 5.75 Å². The predicted octanol–water partition coefficient (Wildman–Crippen LogP) is 1.81. The molecule has 0 fully saturated rings. The largest absolute Gasteiger partial charge is 0.506 e. The van der Waals surface area contributed by atoms with Crippen LogP contribution in [0, 0.1) is 7.14 Å². The zero-order valence-electron chi connectivity index (χ0n) is 8.54. The van der Waals surface area contributed by atoms with E-state index in [0.29, 0.717) is 3.57 Å². The van der Waals surface area contributed by atoms with Crippen molar-refractivity contribution in [2.24, 2.45) is 0 Å². The average Bonchev–Trinajstić information content (AvgIpc) is 2.22. The maximum absolute atomic E-state index is 11.7. The van der Waals surface area contributed by atoms with Crippen molar-refractivity contribution in [1.82, 2.24) is 5.32 Å². The van der Waals surface area contributed by atoms with E-state index in [1.807, 2.05) is 45.2 Å². The first-order valence-electron chi connectivity index (χ1n) is 4.60. The SMILES string of the molecule is O=C(O)CCNC(=O)c1cc(I)cc(I)c1O. The van der Waals surface area contributed by atoms with Crippen LogP contribution in [0.15, 0.2) is 12.1 Å². The van der Waals surface area contributed by atoms with Gasteiger partial charge in [-0.25, -0.2) is 0 Å². The van der Waals surface area contributed by atoms with Crippen LogP contribution < -0.4 is 5.32 Å². The lowest BCUT2D eigenvalue weighted by Crippen LogP contribution is -2.26. The van der Waals surface area contributed by atoms with Crippen LogP contribution in [-0.4, -0.2) is 28.6 Å². The van der Waals surface area contributed by atoms with Crippen molar-refractivity contribution in [3.63, 3.8) is 0 Å². The Hall–Kier alpha value is -0.580. The molecule has 0 aliphatic rings. The van der Waals surface area contributed by atoms with Gasteiger partial charge in [0.2, 0.25) is 0 Å². The highest BCUT2D eigenvalue weighted by atomic mass is 127. The lowest BCUT2D eigenvalue weighted by atomic mass is 10.2. The van der Waals surface area contributed by atoms with Crippen LogP contribution >= 0.6 is 45.2 Å². The molecule has 0 aromatic heterocycles. The van der Waals surface area contributed by atoms with E-state index in [9.17, 15) is 14.7 Å². The van der Waals surface area contributed by atoms with Crippen LogP contribution in [0.1, 0.15) is 16.8 Å². The first-order valence-corrected chi connectivity index (χ1v) is 6.75. The maximum Gasteiger partial charge on any atom is 0.305 e. The smallest absolute Gasteiger partial charge is 0.305 e. The van der Waals surface area contributed by atoms with Crippen LogP contribution in [0.2, 0.25) is 0 Å². The minimum atomic E-state index is -0.980. The first-order chi connectivity index (χ1) is 7.91. The molecule has 92 valence electrons. The minimum Gasteiger partial charge on any atom is -0.506 e. The number of phenols is 1. The highest BCUT2D eigenvalue weighted by Gasteiger charge is 2.14. The summed E-state index contributed by atoms with van der Waals surface area (Å²) in [6.45, 7) is 0.0374. The van der Waals surface area contributed by atoms with Gasteiger partial charge in [-0.05, 0) is 57.3 Å². The van der Waals surface area contributed by atoms with Gasteiger partial charge < -0.3 is 15.5 Å². The van der Waals surface area contributed by atoms with E-state index in [4.69, 9.17) is 5.11 Å². The third kappa shape index (κ3) is 4.30. The van der Waals surface area contributed by atoms with E-state index < -0.39 is 11.9 Å². The van der Waals surface area contributed by atoms with Gasteiger partial charge in [-0.1, -0.05) is 0 Å². The molecule has 0 saturated heterocycles. The predicted molar refractivity (Wildman–Crippen MR) is 78.1 cm³/mol. The number of halogens is 2. The summed E-state index contributed by atoms with van der Waals surface area (Å²) in [6, 6.07) is 3.29. The zero-order valence-corrected chi connectivity index (χ0v) is 12.9. The molecule has 0 spiro atoms. The quantitative estimate of drug-likeness (QED) is 0.598. The van der Waals surface area contributed by atoms with Crippen molar-refractivity contribution in [2.45, 2.75) is 6.42 Å². The van der Waals surface area contributed by atoms with Crippen molar-refractivity contribution in [2.75, 3.05) is 6.54 Å². The molecule has 0 saturated carbocycles. The monoisotopic (exact) mass is 461 g/mol. The van der Waals surface area contributed by atoms with Gasteiger partial charge >= 0.3 is 5.97 Å². The second-order valence-corrected chi connectivity index (χ2v) is 5.59. The minimum absolute atomic E-state index is 0.0374. The number of carbonyl (C=O) groups is 2. The summed E-state index contributed by atoms with van der Waals surface area (Å²) in [6.07, 6.45) is -0.145. The molecule has 17 heavy (non-hydrogen) atoms. The number of phenolic OH excluding ortho intramolecular Hbond substituents is 1. The maximum atomic E-state index is 11.7. The molecule has 0 unspecified atom stereocenters. The fourth-order valence-electron chi connectivity index (χ4n) is 1.12. The number of hydrogen-bond acceptors (Lipinski definition) is 3. The highest BCUT2D eigenvalue weighted by Crippen LogP contribution is 2.26. The Bertz CT molecular complexity index is 462. The molecule has 0 heterocycles.